The predicted molar refractivity (Wildman–Crippen MR) is 73.6 cm³/mol. The fourth-order valence-electron chi connectivity index (χ4n) is 3.07. The largest absolute Gasteiger partial charge is 0.480 e. The van der Waals surface area contributed by atoms with Crippen molar-refractivity contribution in [3.05, 3.63) is 0 Å². The van der Waals surface area contributed by atoms with Crippen molar-refractivity contribution in [2.24, 2.45) is 11.8 Å². The van der Waals surface area contributed by atoms with Gasteiger partial charge >= 0.3 is 12.1 Å². The van der Waals surface area contributed by atoms with Crippen molar-refractivity contribution < 1.29 is 24.2 Å². The molecule has 0 aromatic heterocycles. The Kier molecular flexibility index (Phi) is 4.39. The Bertz CT molecular complexity index is 451. The first-order chi connectivity index (χ1) is 9.85. The lowest BCUT2D eigenvalue weighted by atomic mass is 10.0. The highest BCUT2D eigenvalue weighted by atomic mass is 16.5. The zero-order valence-corrected chi connectivity index (χ0v) is 12.5. The number of ether oxygens (including phenoxy) is 1. The van der Waals surface area contributed by atoms with Crippen LogP contribution < -0.4 is 5.32 Å². The number of rotatable bonds is 5. The maximum atomic E-state index is 12.7. The summed E-state index contributed by atoms with van der Waals surface area (Å²) in [5.41, 5.74) is 0. The van der Waals surface area contributed by atoms with E-state index < -0.39 is 24.1 Å². The smallest absolute Gasteiger partial charge is 0.407 e. The van der Waals surface area contributed by atoms with Crippen LogP contribution in [-0.2, 0) is 14.3 Å². The van der Waals surface area contributed by atoms with E-state index >= 15 is 0 Å². The fourth-order valence-corrected chi connectivity index (χ4v) is 3.07. The van der Waals surface area contributed by atoms with Crippen LogP contribution in [0.15, 0.2) is 0 Å². The first kappa shape index (κ1) is 15.6. The number of amides is 2. The van der Waals surface area contributed by atoms with Crippen molar-refractivity contribution in [3.8, 4) is 0 Å². The molecule has 0 spiro atoms. The minimum atomic E-state index is -0.975. The van der Waals surface area contributed by atoms with Crippen LogP contribution in [0, 0.1) is 11.8 Å². The summed E-state index contributed by atoms with van der Waals surface area (Å²) in [6, 6.07) is -1.48. The molecule has 21 heavy (non-hydrogen) atoms. The lowest BCUT2D eigenvalue weighted by molar-refractivity contribution is -0.150. The van der Waals surface area contributed by atoms with E-state index in [0.717, 1.165) is 6.42 Å². The molecule has 2 aliphatic rings. The second-order valence-electron chi connectivity index (χ2n) is 6.22. The molecule has 0 aromatic rings. The van der Waals surface area contributed by atoms with Gasteiger partial charge < -0.3 is 20.1 Å². The Morgan fingerprint density at radius 3 is 2.52 bits per heavy atom. The topological polar surface area (TPSA) is 95.9 Å². The normalized spacial score (nSPS) is 28.0. The minimum absolute atomic E-state index is 0.0210. The summed E-state index contributed by atoms with van der Waals surface area (Å²) in [7, 11) is 1.24. The maximum Gasteiger partial charge on any atom is 0.407 e. The van der Waals surface area contributed by atoms with Crippen molar-refractivity contribution in [2.75, 3.05) is 7.11 Å². The van der Waals surface area contributed by atoms with Crippen molar-refractivity contribution >= 4 is 18.0 Å². The van der Waals surface area contributed by atoms with Crippen LogP contribution in [-0.4, -0.2) is 53.2 Å². The molecule has 1 saturated carbocycles. The van der Waals surface area contributed by atoms with Crippen LogP contribution in [0.5, 0.6) is 0 Å². The zero-order chi connectivity index (χ0) is 15.7. The SMILES string of the molecule is COC(=O)NC(CC(C)C)C(=O)N1C(C(=O)O)CC2CC21. The Morgan fingerprint density at radius 1 is 1.33 bits per heavy atom. The minimum Gasteiger partial charge on any atom is -0.480 e. The summed E-state index contributed by atoms with van der Waals surface area (Å²) in [6.45, 7) is 3.88. The number of nitrogens with one attached hydrogen (secondary N) is 1. The van der Waals surface area contributed by atoms with E-state index in [-0.39, 0.29) is 17.9 Å². The van der Waals surface area contributed by atoms with Crippen LogP contribution in [0.4, 0.5) is 4.79 Å². The lowest BCUT2D eigenvalue weighted by Crippen LogP contribution is -2.53. The highest BCUT2D eigenvalue weighted by Gasteiger charge is 2.57. The summed E-state index contributed by atoms with van der Waals surface area (Å²) >= 11 is 0. The second-order valence-corrected chi connectivity index (χ2v) is 6.22. The summed E-state index contributed by atoms with van der Waals surface area (Å²) in [5, 5.41) is 11.8. The van der Waals surface area contributed by atoms with Crippen LogP contribution in [0.1, 0.15) is 33.1 Å². The molecule has 0 aromatic carbocycles. The number of likely N-dealkylation sites (tertiary alicyclic amines) is 1. The first-order valence-electron chi connectivity index (χ1n) is 7.24. The molecule has 4 atom stereocenters. The van der Waals surface area contributed by atoms with Crippen molar-refractivity contribution in [1.82, 2.24) is 10.2 Å². The molecule has 2 N–H and O–H groups in total. The zero-order valence-electron chi connectivity index (χ0n) is 12.5. The Balaban J connectivity index is 2.12. The number of carbonyl (C=O) groups is 3. The van der Waals surface area contributed by atoms with E-state index in [0.29, 0.717) is 18.8 Å². The number of alkyl carbamates (subject to hydrolysis) is 1. The van der Waals surface area contributed by atoms with Gasteiger partial charge in [-0.2, -0.15) is 0 Å². The predicted octanol–water partition coefficient (Wildman–Crippen LogP) is 0.831. The van der Waals surface area contributed by atoms with Crippen LogP contribution in [0.2, 0.25) is 0 Å². The molecule has 118 valence electrons. The number of carboxylic acids is 1. The van der Waals surface area contributed by atoms with Gasteiger partial charge in [0.1, 0.15) is 12.1 Å². The summed E-state index contributed by atoms with van der Waals surface area (Å²) in [4.78, 5) is 36.8. The molecule has 1 heterocycles. The highest BCUT2D eigenvalue weighted by Crippen LogP contribution is 2.48. The van der Waals surface area contributed by atoms with E-state index in [1.807, 2.05) is 13.8 Å². The molecule has 1 aliphatic heterocycles. The van der Waals surface area contributed by atoms with E-state index in [1.54, 1.807) is 0 Å². The van der Waals surface area contributed by atoms with Crippen molar-refractivity contribution in [1.29, 1.82) is 0 Å². The van der Waals surface area contributed by atoms with E-state index in [1.165, 1.54) is 12.0 Å². The summed E-state index contributed by atoms with van der Waals surface area (Å²) in [5.74, 6) is -0.798. The molecule has 4 unspecified atom stereocenters. The number of carbonyl (C=O) groups excluding carboxylic acids is 2. The number of hydrogen-bond donors (Lipinski definition) is 2. The van der Waals surface area contributed by atoms with Crippen molar-refractivity contribution in [3.63, 3.8) is 0 Å². The van der Waals surface area contributed by atoms with Gasteiger partial charge in [0, 0.05) is 6.04 Å². The van der Waals surface area contributed by atoms with Gasteiger partial charge in [0.25, 0.3) is 0 Å². The second kappa shape index (κ2) is 5.91. The third-order valence-corrected chi connectivity index (χ3v) is 4.13. The van der Waals surface area contributed by atoms with Gasteiger partial charge in [-0.25, -0.2) is 9.59 Å². The van der Waals surface area contributed by atoms with Gasteiger partial charge in [0.15, 0.2) is 0 Å². The monoisotopic (exact) mass is 298 g/mol. The molecule has 1 saturated heterocycles. The molecule has 0 radical (unpaired) electrons. The first-order valence-corrected chi connectivity index (χ1v) is 7.24. The van der Waals surface area contributed by atoms with Crippen LogP contribution in [0.25, 0.3) is 0 Å². The van der Waals surface area contributed by atoms with Gasteiger partial charge in [0.05, 0.1) is 7.11 Å². The van der Waals surface area contributed by atoms with Gasteiger partial charge in [-0.1, -0.05) is 13.8 Å². The molecule has 2 fully saturated rings. The van der Waals surface area contributed by atoms with Gasteiger partial charge in [-0.3, -0.25) is 4.79 Å². The maximum absolute atomic E-state index is 12.7. The summed E-state index contributed by atoms with van der Waals surface area (Å²) in [6.07, 6.45) is 1.15. The Hall–Kier alpha value is -1.79. The lowest BCUT2D eigenvalue weighted by Gasteiger charge is -2.29. The number of hydrogen-bond acceptors (Lipinski definition) is 4. The molecule has 1 aliphatic carbocycles. The molecule has 7 heteroatoms. The molecular weight excluding hydrogens is 276 g/mol. The van der Waals surface area contributed by atoms with Gasteiger partial charge in [0.2, 0.25) is 5.91 Å². The van der Waals surface area contributed by atoms with Crippen molar-refractivity contribution in [2.45, 2.75) is 51.2 Å². The third-order valence-electron chi connectivity index (χ3n) is 4.13. The third kappa shape index (κ3) is 3.28. The standard InChI is InChI=1S/C14H22N2O5/c1-7(2)4-9(15-14(20)21-3)12(17)16-10-5-8(10)6-11(16)13(18)19/h7-11H,4-6H2,1-3H3,(H,15,20)(H,18,19). The molecule has 7 nitrogen and oxygen atoms in total. The number of nitrogens with zero attached hydrogens (tertiary/aromatic N) is 1. The van der Waals surface area contributed by atoms with E-state index in [2.05, 4.69) is 10.1 Å². The average molecular weight is 298 g/mol. The van der Waals surface area contributed by atoms with E-state index in [4.69, 9.17) is 0 Å². The van der Waals surface area contributed by atoms with Gasteiger partial charge in [-0.15, -0.1) is 0 Å². The number of carboxylic acid groups (broad SMARTS) is 1. The highest BCUT2D eigenvalue weighted by molar-refractivity contribution is 5.90. The number of piperidine rings is 1. The van der Waals surface area contributed by atoms with Crippen LogP contribution >= 0.6 is 0 Å². The molecule has 2 rings (SSSR count). The number of aliphatic carboxylic acids is 1. The molecule has 0 bridgehead atoms. The number of fused-ring (bicyclic) bond motifs is 1. The summed E-state index contributed by atoms with van der Waals surface area (Å²) < 4.78 is 4.55. The molecular formula is C14H22N2O5. The Morgan fingerprint density at radius 2 is 2.00 bits per heavy atom. The Labute approximate surface area is 123 Å². The fraction of sp³-hybridized carbons (Fsp3) is 0.786. The number of methoxy groups -OCH3 is 1. The van der Waals surface area contributed by atoms with E-state index in [9.17, 15) is 19.5 Å². The van der Waals surface area contributed by atoms with Crippen LogP contribution in [0.3, 0.4) is 0 Å². The molecule has 2 amide bonds. The van der Waals surface area contributed by atoms with Gasteiger partial charge in [-0.05, 0) is 31.1 Å². The average Bonchev–Trinajstić information content (AvgIpc) is 3.07. The quantitative estimate of drug-likeness (QED) is 0.784.